The number of nitrogens with zero attached hydrogens (tertiary/aromatic N) is 5. The van der Waals surface area contributed by atoms with Crippen LogP contribution in [0, 0.1) is 5.82 Å². The molecule has 1 amide bonds. The van der Waals surface area contributed by atoms with Crippen LogP contribution in [0.5, 0.6) is 5.75 Å². The number of amides is 1. The van der Waals surface area contributed by atoms with Gasteiger partial charge in [-0.1, -0.05) is 35.1 Å². The smallest absolute Gasteiger partial charge is 0.275 e. The molecule has 0 N–H and O–H groups in total. The van der Waals surface area contributed by atoms with Crippen molar-refractivity contribution in [2.24, 2.45) is 0 Å². The monoisotopic (exact) mass is 513 g/mol. The normalized spacial score (nSPS) is 14.4. The van der Waals surface area contributed by atoms with E-state index in [1.54, 1.807) is 17.0 Å². The topological polar surface area (TPSA) is 80.0 Å². The Morgan fingerprint density at radius 3 is 2.60 bits per heavy atom. The van der Waals surface area contributed by atoms with Crippen molar-refractivity contribution in [1.82, 2.24) is 24.4 Å². The fourth-order valence-electron chi connectivity index (χ4n) is 3.83. The lowest BCUT2D eigenvalue weighted by molar-refractivity contribution is -0.135. The van der Waals surface area contributed by atoms with Crippen LogP contribution in [-0.4, -0.2) is 63.1 Å². The Morgan fingerprint density at radius 1 is 1.09 bits per heavy atom. The van der Waals surface area contributed by atoms with E-state index in [-0.39, 0.29) is 23.9 Å². The highest BCUT2D eigenvalue weighted by Gasteiger charge is 2.22. The van der Waals surface area contributed by atoms with Crippen LogP contribution in [0.15, 0.2) is 59.4 Å². The Morgan fingerprint density at radius 2 is 1.86 bits per heavy atom. The van der Waals surface area contributed by atoms with Gasteiger partial charge in [-0.05, 0) is 36.4 Å². The van der Waals surface area contributed by atoms with Crippen molar-refractivity contribution in [2.75, 3.05) is 32.8 Å². The zero-order valence-corrected chi connectivity index (χ0v) is 20.1. The summed E-state index contributed by atoms with van der Waals surface area (Å²) in [6, 6.07) is 14.4. The van der Waals surface area contributed by atoms with E-state index in [2.05, 4.69) is 15.0 Å². The third-order valence-electron chi connectivity index (χ3n) is 5.66. The van der Waals surface area contributed by atoms with E-state index in [1.165, 1.54) is 46.2 Å². The number of halogens is 2. The van der Waals surface area contributed by atoms with Gasteiger partial charge in [-0.2, -0.15) is 9.61 Å². The van der Waals surface area contributed by atoms with E-state index in [4.69, 9.17) is 16.3 Å². The van der Waals surface area contributed by atoms with Gasteiger partial charge in [0.2, 0.25) is 4.96 Å². The maximum absolute atomic E-state index is 13.0. The van der Waals surface area contributed by atoms with Gasteiger partial charge in [0, 0.05) is 49.4 Å². The van der Waals surface area contributed by atoms with Gasteiger partial charge in [0.25, 0.3) is 11.5 Å². The maximum Gasteiger partial charge on any atom is 0.275 e. The van der Waals surface area contributed by atoms with E-state index in [0.29, 0.717) is 59.2 Å². The summed E-state index contributed by atoms with van der Waals surface area (Å²) in [5.74, 6) is -0.0225. The molecular weight excluding hydrogens is 493 g/mol. The van der Waals surface area contributed by atoms with E-state index in [9.17, 15) is 14.0 Å². The molecule has 0 unspecified atom stereocenters. The van der Waals surface area contributed by atoms with E-state index >= 15 is 0 Å². The van der Waals surface area contributed by atoms with Crippen LogP contribution < -0.4 is 10.3 Å². The van der Waals surface area contributed by atoms with E-state index < -0.39 is 0 Å². The molecule has 2 aromatic heterocycles. The van der Waals surface area contributed by atoms with Gasteiger partial charge in [0.1, 0.15) is 16.6 Å². The summed E-state index contributed by atoms with van der Waals surface area (Å²) >= 11 is 7.42. The van der Waals surface area contributed by atoms with Gasteiger partial charge in [-0.25, -0.2) is 9.37 Å². The van der Waals surface area contributed by atoms with Crippen molar-refractivity contribution in [1.29, 1.82) is 0 Å². The molecule has 0 spiro atoms. The van der Waals surface area contributed by atoms with Crippen LogP contribution in [0.25, 0.3) is 15.5 Å². The largest absolute Gasteiger partial charge is 0.484 e. The lowest BCUT2D eigenvalue weighted by Gasteiger charge is -2.34. The molecule has 0 atom stereocenters. The average molecular weight is 514 g/mol. The van der Waals surface area contributed by atoms with Gasteiger partial charge in [-0.3, -0.25) is 14.5 Å². The first kappa shape index (κ1) is 23.4. The lowest BCUT2D eigenvalue weighted by atomic mass is 10.2. The van der Waals surface area contributed by atoms with Gasteiger partial charge < -0.3 is 9.64 Å². The fraction of sp³-hybridized carbons (Fsp3) is 0.250. The number of ether oxygens (including phenoxy) is 1. The molecule has 5 rings (SSSR count). The second kappa shape index (κ2) is 10.1. The summed E-state index contributed by atoms with van der Waals surface area (Å²) in [5, 5.41) is 5.67. The van der Waals surface area contributed by atoms with Crippen molar-refractivity contribution < 1.29 is 13.9 Å². The standard InChI is InChI=1S/C24H21ClFN5O3S/c25-17-3-1-2-16(12-17)23-28-31-21(32)13-19(27-24(31)35-23)14-29-8-10-30(11-9-29)22(33)15-34-20-6-4-18(26)5-7-20/h1-7,12-13H,8-11,14-15H2. The molecule has 35 heavy (non-hydrogen) atoms. The molecule has 180 valence electrons. The van der Waals surface area contributed by atoms with E-state index in [1.807, 2.05) is 12.1 Å². The molecule has 0 aliphatic carbocycles. The highest BCUT2D eigenvalue weighted by atomic mass is 35.5. The first-order chi connectivity index (χ1) is 16.9. The predicted molar refractivity (Wildman–Crippen MR) is 131 cm³/mol. The first-order valence-electron chi connectivity index (χ1n) is 11.0. The molecule has 1 saturated heterocycles. The summed E-state index contributed by atoms with van der Waals surface area (Å²) in [6.45, 7) is 2.81. The molecule has 4 aromatic rings. The third kappa shape index (κ3) is 5.50. The lowest BCUT2D eigenvalue weighted by Crippen LogP contribution is -2.49. The molecule has 8 nitrogen and oxygen atoms in total. The van der Waals surface area contributed by atoms with Crippen molar-refractivity contribution in [2.45, 2.75) is 6.54 Å². The quantitative estimate of drug-likeness (QED) is 0.393. The molecule has 11 heteroatoms. The number of aromatic nitrogens is 3. The van der Waals surface area contributed by atoms with Crippen molar-refractivity contribution in [3.63, 3.8) is 0 Å². The summed E-state index contributed by atoms with van der Waals surface area (Å²) in [7, 11) is 0. The van der Waals surface area contributed by atoms with Crippen LogP contribution in [0.3, 0.4) is 0 Å². The molecule has 1 fully saturated rings. The van der Waals surface area contributed by atoms with Crippen LogP contribution in [0.2, 0.25) is 5.02 Å². The fourth-order valence-corrected chi connectivity index (χ4v) is 4.94. The van der Waals surface area contributed by atoms with E-state index in [0.717, 1.165) is 5.56 Å². The van der Waals surface area contributed by atoms with Crippen molar-refractivity contribution >= 4 is 33.8 Å². The zero-order chi connectivity index (χ0) is 24.4. The van der Waals surface area contributed by atoms with Crippen molar-refractivity contribution in [3.8, 4) is 16.3 Å². The molecule has 0 radical (unpaired) electrons. The van der Waals surface area contributed by atoms with Crippen LogP contribution >= 0.6 is 22.9 Å². The number of carbonyl (C=O) groups is 1. The molecule has 3 heterocycles. The predicted octanol–water partition coefficient (Wildman–Crippen LogP) is 3.33. The van der Waals surface area contributed by atoms with Gasteiger partial charge in [0.15, 0.2) is 6.61 Å². The Balaban J connectivity index is 1.19. The van der Waals surface area contributed by atoms with Crippen molar-refractivity contribution in [3.05, 3.63) is 81.5 Å². The number of piperazine rings is 1. The Kier molecular flexibility index (Phi) is 6.76. The average Bonchev–Trinajstić information content (AvgIpc) is 3.29. The molecule has 0 saturated carbocycles. The number of hydrogen-bond donors (Lipinski definition) is 0. The Labute approximate surface area is 209 Å². The molecule has 0 bridgehead atoms. The number of carbonyl (C=O) groups excluding carboxylic acids is 1. The summed E-state index contributed by atoms with van der Waals surface area (Å²) < 4.78 is 19.8. The minimum absolute atomic E-state index is 0.0963. The van der Waals surface area contributed by atoms with Crippen LogP contribution in [0.1, 0.15) is 5.69 Å². The molecule has 1 aliphatic heterocycles. The minimum atomic E-state index is -0.354. The van der Waals surface area contributed by atoms with Gasteiger partial charge >= 0.3 is 0 Å². The Hall–Kier alpha value is -3.34. The van der Waals surface area contributed by atoms with Gasteiger partial charge in [0.05, 0.1) is 5.69 Å². The highest BCUT2D eigenvalue weighted by molar-refractivity contribution is 7.19. The SMILES string of the molecule is O=C(COc1ccc(F)cc1)N1CCN(Cc2cc(=O)n3nc(-c4cccc(Cl)c4)sc3n2)CC1. The summed E-state index contributed by atoms with van der Waals surface area (Å²) in [5.41, 5.74) is 1.26. The molecule has 2 aromatic carbocycles. The molecular formula is C24H21ClFN5O3S. The maximum atomic E-state index is 13.0. The van der Waals surface area contributed by atoms with Gasteiger partial charge in [-0.15, -0.1) is 0 Å². The van der Waals surface area contributed by atoms with Crippen LogP contribution in [0.4, 0.5) is 4.39 Å². The number of hydrogen-bond acceptors (Lipinski definition) is 7. The highest BCUT2D eigenvalue weighted by Crippen LogP contribution is 2.26. The Bertz CT molecular complexity index is 1420. The number of fused-ring (bicyclic) bond motifs is 1. The zero-order valence-electron chi connectivity index (χ0n) is 18.6. The number of rotatable bonds is 6. The molecule has 1 aliphatic rings. The third-order valence-corrected chi connectivity index (χ3v) is 6.85. The summed E-state index contributed by atoms with van der Waals surface area (Å²) in [6.07, 6.45) is 0. The minimum Gasteiger partial charge on any atom is -0.484 e. The first-order valence-corrected chi connectivity index (χ1v) is 12.2. The summed E-state index contributed by atoms with van der Waals surface area (Å²) in [4.78, 5) is 34.2. The second-order valence-corrected chi connectivity index (χ2v) is 9.49. The second-order valence-electron chi connectivity index (χ2n) is 8.10. The van der Waals surface area contributed by atoms with Crippen LogP contribution in [-0.2, 0) is 11.3 Å². The number of benzene rings is 2.